The van der Waals surface area contributed by atoms with Crippen LogP contribution in [0.2, 0.25) is 5.02 Å². The summed E-state index contributed by atoms with van der Waals surface area (Å²) in [6.07, 6.45) is -0.0438. The fourth-order valence-electron chi connectivity index (χ4n) is 4.05. The molecule has 0 fully saturated rings. The molecule has 1 N–H and O–H groups in total. The van der Waals surface area contributed by atoms with Crippen molar-refractivity contribution in [2.45, 2.75) is 32.5 Å². The number of nitrogens with zero attached hydrogens (tertiary/aromatic N) is 1. The van der Waals surface area contributed by atoms with E-state index in [0.29, 0.717) is 53.0 Å². The summed E-state index contributed by atoms with van der Waals surface area (Å²) in [5.74, 6) is 1.42. The molecule has 0 radical (unpaired) electrons. The van der Waals surface area contributed by atoms with E-state index in [1.165, 1.54) is 0 Å². The summed E-state index contributed by atoms with van der Waals surface area (Å²) < 4.78 is 16.7. The summed E-state index contributed by atoms with van der Waals surface area (Å²) in [4.78, 5) is 27.7. The van der Waals surface area contributed by atoms with Gasteiger partial charge in [-0.25, -0.2) is 0 Å². The Bertz CT molecular complexity index is 1260. The van der Waals surface area contributed by atoms with Gasteiger partial charge >= 0.3 is 0 Å². The van der Waals surface area contributed by atoms with Crippen LogP contribution in [0.1, 0.15) is 34.8 Å². The maximum Gasteiger partial charge on any atom is 0.264 e. The first-order valence-corrected chi connectivity index (χ1v) is 11.4. The van der Waals surface area contributed by atoms with Crippen molar-refractivity contribution in [3.8, 4) is 17.2 Å². The van der Waals surface area contributed by atoms with Gasteiger partial charge in [0.2, 0.25) is 6.79 Å². The Morgan fingerprint density at radius 2 is 1.85 bits per heavy atom. The summed E-state index contributed by atoms with van der Waals surface area (Å²) >= 11 is 6.34. The number of carbonyl (C=O) groups is 2. The van der Waals surface area contributed by atoms with E-state index in [4.69, 9.17) is 25.8 Å². The molecule has 0 aliphatic carbocycles. The molecular formula is C26H23ClN2O5. The Hall–Kier alpha value is -3.71. The lowest BCUT2D eigenvalue weighted by Gasteiger charge is -2.23. The third kappa shape index (κ3) is 4.39. The largest absolute Gasteiger partial charge is 0.480 e. The molecule has 34 heavy (non-hydrogen) atoms. The van der Waals surface area contributed by atoms with Gasteiger partial charge in [-0.1, -0.05) is 36.7 Å². The van der Waals surface area contributed by atoms with Crippen molar-refractivity contribution < 1.29 is 23.8 Å². The minimum atomic E-state index is -0.585. The molecule has 2 aliphatic heterocycles. The van der Waals surface area contributed by atoms with E-state index in [2.05, 4.69) is 5.32 Å². The predicted molar refractivity (Wildman–Crippen MR) is 127 cm³/mol. The van der Waals surface area contributed by atoms with E-state index in [1.807, 2.05) is 37.3 Å². The number of carbonyl (C=O) groups excluding carboxylic acids is 2. The molecule has 1 unspecified atom stereocenters. The van der Waals surface area contributed by atoms with E-state index in [-0.39, 0.29) is 18.6 Å². The van der Waals surface area contributed by atoms with Gasteiger partial charge < -0.3 is 24.4 Å². The molecule has 0 aromatic heterocycles. The second kappa shape index (κ2) is 9.27. The van der Waals surface area contributed by atoms with E-state index < -0.39 is 6.10 Å². The van der Waals surface area contributed by atoms with Crippen LogP contribution in [0.3, 0.4) is 0 Å². The number of rotatable bonds is 5. The highest BCUT2D eigenvalue weighted by Crippen LogP contribution is 2.34. The number of nitrogens with one attached hydrogen (secondary N) is 1. The smallest absolute Gasteiger partial charge is 0.264 e. The topological polar surface area (TPSA) is 77.1 Å². The van der Waals surface area contributed by atoms with E-state index in [1.54, 1.807) is 35.2 Å². The van der Waals surface area contributed by atoms with Crippen LogP contribution in [0.25, 0.3) is 0 Å². The lowest BCUT2D eigenvalue weighted by atomic mass is 10.1. The zero-order chi connectivity index (χ0) is 23.7. The van der Waals surface area contributed by atoms with Crippen LogP contribution >= 0.6 is 11.6 Å². The van der Waals surface area contributed by atoms with Crippen molar-refractivity contribution in [3.63, 3.8) is 0 Å². The van der Waals surface area contributed by atoms with Crippen LogP contribution in [0.4, 0.5) is 5.69 Å². The number of amides is 2. The summed E-state index contributed by atoms with van der Waals surface area (Å²) in [5, 5.41) is 3.52. The fraction of sp³-hybridized carbons (Fsp3) is 0.231. The van der Waals surface area contributed by atoms with E-state index >= 15 is 0 Å². The van der Waals surface area contributed by atoms with E-state index in [9.17, 15) is 9.59 Å². The number of hydrogen-bond acceptors (Lipinski definition) is 5. The predicted octanol–water partition coefficient (Wildman–Crippen LogP) is 5.02. The van der Waals surface area contributed by atoms with Gasteiger partial charge in [0.05, 0.1) is 0 Å². The Labute approximate surface area is 202 Å². The Morgan fingerprint density at radius 3 is 2.68 bits per heavy atom. The number of hydrogen-bond donors (Lipinski definition) is 1. The van der Waals surface area contributed by atoms with Gasteiger partial charge in [0.15, 0.2) is 17.6 Å². The molecule has 7 nitrogen and oxygen atoms in total. The zero-order valence-electron chi connectivity index (χ0n) is 18.5. The number of anilines is 1. The molecule has 0 saturated carbocycles. The highest BCUT2D eigenvalue weighted by Gasteiger charge is 2.30. The fourth-order valence-corrected chi connectivity index (χ4v) is 4.25. The molecule has 1 atom stereocenters. The Kier molecular flexibility index (Phi) is 6.02. The molecule has 2 aliphatic rings. The molecule has 0 saturated heterocycles. The average molecular weight is 479 g/mol. The van der Waals surface area contributed by atoms with Crippen LogP contribution in [0, 0.1) is 0 Å². The third-order valence-electron chi connectivity index (χ3n) is 5.86. The van der Waals surface area contributed by atoms with Crippen LogP contribution in [-0.2, 0) is 17.9 Å². The first kappa shape index (κ1) is 22.1. The summed E-state index contributed by atoms with van der Waals surface area (Å²) in [6.45, 7) is 2.77. The number of halogens is 1. The van der Waals surface area contributed by atoms with Crippen LogP contribution in [0.15, 0.2) is 60.7 Å². The monoisotopic (exact) mass is 478 g/mol. The molecule has 0 spiro atoms. The zero-order valence-corrected chi connectivity index (χ0v) is 19.3. The van der Waals surface area contributed by atoms with Gasteiger partial charge in [-0.3, -0.25) is 9.59 Å². The van der Waals surface area contributed by atoms with Gasteiger partial charge in [0.25, 0.3) is 11.8 Å². The summed E-state index contributed by atoms with van der Waals surface area (Å²) in [6, 6.07) is 17.9. The molecule has 5 rings (SSSR count). The summed E-state index contributed by atoms with van der Waals surface area (Å²) in [7, 11) is 0. The normalized spacial score (nSPS) is 16.5. The molecular weight excluding hydrogens is 456 g/mol. The van der Waals surface area contributed by atoms with Crippen molar-refractivity contribution >= 4 is 29.1 Å². The number of benzene rings is 3. The second-order valence-electron chi connectivity index (χ2n) is 8.15. The second-order valence-corrected chi connectivity index (χ2v) is 8.55. The van der Waals surface area contributed by atoms with Crippen LogP contribution in [-0.4, -0.2) is 29.6 Å². The highest BCUT2D eigenvalue weighted by molar-refractivity contribution is 6.31. The Balaban J connectivity index is 1.39. The summed E-state index contributed by atoms with van der Waals surface area (Å²) in [5.41, 5.74) is 2.73. The van der Waals surface area contributed by atoms with Gasteiger partial charge in [-0.2, -0.15) is 0 Å². The van der Waals surface area contributed by atoms with E-state index in [0.717, 1.165) is 11.1 Å². The standard InChI is InChI=1S/C26H23ClN2O5/c1-2-21-26(31)29(13-17-5-3-4-6-20(17)27)14-18-11-19(8-10-22(18)34-21)28-25(30)16-7-9-23-24(12-16)33-15-32-23/h3-12,21H,2,13-15H2,1H3,(H,28,30). The quantitative estimate of drug-likeness (QED) is 0.557. The first-order chi connectivity index (χ1) is 16.5. The van der Waals surface area contributed by atoms with Crippen molar-refractivity contribution in [1.29, 1.82) is 0 Å². The maximum atomic E-state index is 13.2. The van der Waals surface area contributed by atoms with Crippen LogP contribution in [0.5, 0.6) is 17.2 Å². The lowest BCUT2D eigenvalue weighted by molar-refractivity contribution is -0.139. The lowest BCUT2D eigenvalue weighted by Crippen LogP contribution is -2.38. The van der Waals surface area contributed by atoms with Crippen molar-refractivity contribution in [2.24, 2.45) is 0 Å². The van der Waals surface area contributed by atoms with Crippen molar-refractivity contribution in [2.75, 3.05) is 12.1 Å². The third-order valence-corrected chi connectivity index (χ3v) is 6.23. The Morgan fingerprint density at radius 1 is 1.06 bits per heavy atom. The van der Waals surface area contributed by atoms with Crippen molar-refractivity contribution in [1.82, 2.24) is 4.90 Å². The minimum Gasteiger partial charge on any atom is -0.480 e. The maximum absolute atomic E-state index is 13.2. The average Bonchev–Trinajstić information content (AvgIpc) is 3.27. The first-order valence-electron chi connectivity index (χ1n) is 11.0. The van der Waals surface area contributed by atoms with Gasteiger partial charge in [-0.15, -0.1) is 0 Å². The van der Waals surface area contributed by atoms with Crippen LogP contribution < -0.4 is 19.5 Å². The SMILES string of the molecule is CCC1Oc2ccc(NC(=O)c3ccc4c(c3)OCO4)cc2CN(Cc2ccccc2Cl)C1=O. The highest BCUT2D eigenvalue weighted by atomic mass is 35.5. The molecule has 2 heterocycles. The molecule has 3 aromatic rings. The number of fused-ring (bicyclic) bond motifs is 2. The molecule has 2 amide bonds. The number of ether oxygens (including phenoxy) is 3. The van der Waals surface area contributed by atoms with Gasteiger partial charge in [0, 0.05) is 34.9 Å². The molecule has 3 aromatic carbocycles. The van der Waals surface area contributed by atoms with Gasteiger partial charge in [0.1, 0.15) is 5.75 Å². The molecule has 8 heteroatoms. The molecule has 174 valence electrons. The van der Waals surface area contributed by atoms with Crippen molar-refractivity contribution in [3.05, 3.63) is 82.4 Å². The molecule has 0 bridgehead atoms. The minimum absolute atomic E-state index is 0.0930. The van der Waals surface area contributed by atoms with Gasteiger partial charge in [-0.05, 0) is 54.4 Å².